The Bertz CT molecular complexity index is 1220. The van der Waals surface area contributed by atoms with E-state index in [4.69, 9.17) is 16.6 Å². The fourth-order valence-corrected chi connectivity index (χ4v) is 4.79. The molecule has 1 amide bonds. The summed E-state index contributed by atoms with van der Waals surface area (Å²) in [5.74, 6) is 0.255. The summed E-state index contributed by atoms with van der Waals surface area (Å²) in [5.41, 5.74) is 2.45. The van der Waals surface area contributed by atoms with Gasteiger partial charge < -0.3 is 15.0 Å². The molecule has 164 valence electrons. The fourth-order valence-electron chi connectivity index (χ4n) is 4.59. The molecule has 2 N–H and O–H groups in total. The summed E-state index contributed by atoms with van der Waals surface area (Å²) in [6.07, 6.45) is 1.72. The Labute approximate surface area is 190 Å². The molecule has 2 aliphatic rings. The predicted molar refractivity (Wildman–Crippen MR) is 121 cm³/mol. The third-order valence-corrected chi connectivity index (χ3v) is 6.77. The SMILES string of the molecule is O=C([C@H](O)c1cccc(Cl)c1)N1CCCc2c(nc(C3(c4ccccc4)CC3)[nH]c2=O)C1. The monoisotopic (exact) mass is 449 g/mol. The minimum atomic E-state index is -1.31. The van der Waals surface area contributed by atoms with E-state index >= 15 is 0 Å². The van der Waals surface area contributed by atoms with Crippen molar-refractivity contribution in [1.29, 1.82) is 0 Å². The second-order valence-electron chi connectivity index (χ2n) is 8.61. The fraction of sp³-hybridized carbons (Fsp3) is 0.320. The first-order valence-corrected chi connectivity index (χ1v) is 11.3. The molecular weight excluding hydrogens is 426 g/mol. The van der Waals surface area contributed by atoms with Gasteiger partial charge in [-0.2, -0.15) is 0 Å². The highest BCUT2D eigenvalue weighted by Gasteiger charge is 2.48. The van der Waals surface area contributed by atoms with E-state index in [0.29, 0.717) is 47.1 Å². The highest BCUT2D eigenvalue weighted by molar-refractivity contribution is 6.30. The van der Waals surface area contributed by atoms with Crippen LogP contribution in [-0.2, 0) is 23.2 Å². The highest BCUT2D eigenvalue weighted by atomic mass is 35.5. The molecule has 2 aromatic carbocycles. The summed E-state index contributed by atoms with van der Waals surface area (Å²) in [5, 5.41) is 11.1. The normalized spacial score (nSPS) is 17.9. The van der Waals surface area contributed by atoms with Crippen molar-refractivity contribution in [3.8, 4) is 0 Å². The number of hydrogen-bond donors (Lipinski definition) is 2. The number of carbonyl (C=O) groups is 1. The lowest BCUT2D eigenvalue weighted by Crippen LogP contribution is -2.35. The van der Waals surface area contributed by atoms with Crippen LogP contribution in [0.1, 0.15) is 53.6 Å². The molecule has 1 aromatic heterocycles. The smallest absolute Gasteiger partial charge is 0.256 e. The van der Waals surface area contributed by atoms with Crippen LogP contribution < -0.4 is 5.56 Å². The summed E-state index contributed by atoms with van der Waals surface area (Å²) in [7, 11) is 0. The first-order valence-electron chi connectivity index (χ1n) is 10.9. The zero-order chi connectivity index (χ0) is 22.3. The van der Waals surface area contributed by atoms with E-state index in [1.807, 2.05) is 18.2 Å². The Kier molecular flexibility index (Phi) is 5.35. The first-order chi connectivity index (χ1) is 15.5. The summed E-state index contributed by atoms with van der Waals surface area (Å²) >= 11 is 6.02. The van der Waals surface area contributed by atoms with Gasteiger partial charge >= 0.3 is 0 Å². The zero-order valence-electron chi connectivity index (χ0n) is 17.6. The van der Waals surface area contributed by atoms with Gasteiger partial charge in [0.05, 0.1) is 17.7 Å². The van der Waals surface area contributed by atoms with Gasteiger partial charge in [-0.3, -0.25) is 9.59 Å². The maximum Gasteiger partial charge on any atom is 0.256 e. The number of aliphatic hydroxyl groups excluding tert-OH is 1. The van der Waals surface area contributed by atoms with Gasteiger partial charge in [0.25, 0.3) is 11.5 Å². The number of aromatic amines is 1. The number of carbonyl (C=O) groups excluding carboxylic acids is 1. The van der Waals surface area contributed by atoms with Gasteiger partial charge in [-0.1, -0.05) is 54.1 Å². The molecule has 0 spiro atoms. The second kappa shape index (κ2) is 8.19. The van der Waals surface area contributed by atoms with Gasteiger partial charge in [0.2, 0.25) is 0 Å². The molecule has 6 nitrogen and oxygen atoms in total. The first kappa shape index (κ1) is 20.9. The van der Waals surface area contributed by atoms with Crippen LogP contribution in [0.15, 0.2) is 59.4 Å². The molecule has 0 saturated heterocycles. The van der Waals surface area contributed by atoms with E-state index in [9.17, 15) is 14.7 Å². The maximum absolute atomic E-state index is 13.1. The molecule has 3 aromatic rings. The molecule has 1 saturated carbocycles. The molecule has 0 radical (unpaired) electrons. The minimum absolute atomic E-state index is 0.128. The Morgan fingerprint density at radius 1 is 1.16 bits per heavy atom. The van der Waals surface area contributed by atoms with Gasteiger partial charge in [-0.15, -0.1) is 0 Å². The van der Waals surface area contributed by atoms with Crippen molar-refractivity contribution < 1.29 is 9.90 Å². The number of rotatable bonds is 4. The Morgan fingerprint density at radius 3 is 2.66 bits per heavy atom. The van der Waals surface area contributed by atoms with E-state index in [0.717, 1.165) is 18.4 Å². The highest BCUT2D eigenvalue weighted by Crippen LogP contribution is 2.51. The average molecular weight is 450 g/mol. The van der Waals surface area contributed by atoms with Crippen LogP contribution in [0.25, 0.3) is 0 Å². The quantitative estimate of drug-likeness (QED) is 0.638. The van der Waals surface area contributed by atoms with Crippen molar-refractivity contribution in [3.05, 3.63) is 98.2 Å². The number of aromatic nitrogens is 2. The van der Waals surface area contributed by atoms with E-state index in [2.05, 4.69) is 17.1 Å². The minimum Gasteiger partial charge on any atom is -0.378 e. The molecule has 5 rings (SSSR count). The summed E-state index contributed by atoms with van der Waals surface area (Å²) < 4.78 is 0. The third-order valence-electron chi connectivity index (χ3n) is 6.54. The number of nitrogens with zero attached hydrogens (tertiary/aromatic N) is 2. The Morgan fingerprint density at radius 2 is 1.94 bits per heavy atom. The molecule has 0 bridgehead atoms. The Hall–Kier alpha value is -2.96. The lowest BCUT2D eigenvalue weighted by Gasteiger charge is -2.24. The lowest BCUT2D eigenvalue weighted by atomic mass is 9.94. The van der Waals surface area contributed by atoms with E-state index < -0.39 is 12.0 Å². The van der Waals surface area contributed by atoms with E-state index in [-0.39, 0.29) is 17.5 Å². The number of halogens is 1. The van der Waals surface area contributed by atoms with Crippen molar-refractivity contribution in [3.63, 3.8) is 0 Å². The van der Waals surface area contributed by atoms with Crippen molar-refractivity contribution in [1.82, 2.24) is 14.9 Å². The van der Waals surface area contributed by atoms with Crippen LogP contribution >= 0.6 is 11.6 Å². The van der Waals surface area contributed by atoms with Gasteiger partial charge in [-0.25, -0.2) is 4.98 Å². The second-order valence-corrected chi connectivity index (χ2v) is 9.05. The van der Waals surface area contributed by atoms with Crippen LogP contribution in [0, 0.1) is 0 Å². The van der Waals surface area contributed by atoms with Crippen molar-refractivity contribution in [2.24, 2.45) is 0 Å². The summed E-state index contributed by atoms with van der Waals surface area (Å²) in [4.78, 5) is 35.5. The average Bonchev–Trinajstić information content (AvgIpc) is 3.63. The van der Waals surface area contributed by atoms with Crippen LogP contribution in [0.4, 0.5) is 0 Å². The van der Waals surface area contributed by atoms with Gasteiger partial charge in [0.15, 0.2) is 6.10 Å². The van der Waals surface area contributed by atoms with E-state index in [1.165, 1.54) is 0 Å². The van der Waals surface area contributed by atoms with Crippen molar-refractivity contribution >= 4 is 17.5 Å². The molecule has 7 heteroatoms. The van der Waals surface area contributed by atoms with E-state index in [1.54, 1.807) is 29.2 Å². The molecular formula is C25H24ClN3O3. The molecule has 1 aliphatic heterocycles. The van der Waals surface area contributed by atoms with Crippen LogP contribution in [0.2, 0.25) is 5.02 Å². The number of hydrogen-bond acceptors (Lipinski definition) is 4. The lowest BCUT2D eigenvalue weighted by molar-refractivity contribution is -0.141. The largest absolute Gasteiger partial charge is 0.378 e. The summed E-state index contributed by atoms with van der Waals surface area (Å²) in [6.45, 7) is 0.652. The molecule has 32 heavy (non-hydrogen) atoms. The number of amides is 1. The van der Waals surface area contributed by atoms with Crippen molar-refractivity contribution in [2.45, 2.75) is 43.7 Å². The van der Waals surface area contributed by atoms with Crippen LogP contribution in [0.5, 0.6) is 0 Å². The molecule has 1 atom stereocenters. The molecule has 1 fully saturated rings. The standard InChI is InChI=1S/C25H24ClN3O3/c26-18-9-4-6-16(14-18)21(30)23(32)29-13-5-10-19-20(15-29)27-24(28-22(19)31)25(11-12-25)17-7-2-1-3-8-17/h1-4,6-9,14,21,30H,5,10-13,15H2,(H,27,28,31)/t21-/m1/s1. The topological polar surface area (TPSA) is 86.3 Å². The molecule has 1 aliphatic carbocycles. The molecule has 0 unspecified atom stereocenters. The summed E-state index contributed by atoms with van der Waals surface area (Å²) in [6, 6.07) is 16.8. The Balaban J connectivity index is 1.46. The predicted octanol–water partition coefficient (Wildman–Crippen LogP) is 3.51. The van der Waals surface area contributed by atoms with Crippen LogP contribution in [0.3, 0.4) is 0 Å². The van der Waals surface area contributed by atoms with Gasteiger partial charge in [0.1, 0.15) is 5.82 Å². The van der Waals surface area contributed by atoms with Gasteiger partial charge in [0, 0.05) is 17.1 Å². The molecule has 2 heterocycles. The van der Waals surface area contributed by atoms with Crippen molar-refractivity contribution in [2.75, 3.05) is 6.54 Å². The third kappa shape index (κ3) is 3.74. The number of H-pyrrole nitrogens is 1. The number of aliphatic hydroxyl groups is 1. The van der Waals surface area contributed by atoms with Crippen LogP contribution in [-0.4, -0.2) is 32.4 Å². The number of benzene rings is 2. The maximum atomic E-state index is 13.1. The van der Waals surface area contributed by atoms with Gasteiger partial charge in [-0.05, 0) is 48.9 Å². The zero-order valence-corrected chi connectivity index (χ0v) is 18.3. The number of fused-ring (bicyclic) bond motifs is 1. The number of nitrogens with one attached hydrogen (secondary N) is 1.